The van der Waals surface area contributed by atoms with Gasteiger partial charge in [-0.1, -0.05) is 127 Å². The second-order valence-electron chi connectivity index (χ2n) is 14.8. The number of hydrogen-bond acceptors (Lipinski definition) is 1. The summed E-state index contributed by atoms with van der Waals surface area (Å²) >= 11 is 0. The normalized spacial score (nSPS) is 12.0. The maximum atomic E-state index is 10.1. The highest BCUT2D eigenvalue weighted by molar-refractivity contribution is 6.29. The molecule has 0 fully saturated rings. The van der Waals surface area contributed by atoms with Crippen LogP contribution in [0.2, 0.25) is 0 Å². The summed E-state index contributed by atoms with van der Waals surface area (Å²) in [4.78, 5) is 0. The van der Waals surface area contributed by atoms with Gasteiger partial charge in [-0.05, 0) is 136 Å². The minimum Gasteiger partial charge on any atom is -0.309 e. The van der Waals surface area contributed by atoms with Crippen molar-refractivity contribution >= 4 is 75.7 Å². The van der Waals surface area contributed by atoms with Crippen LogP contribution in [0.3, 0.4) is 0 Å². The molecule has 12 rings (SSSR count). The molecule has 0 saturated carbocycles. The van der Waals surface area contributed by atoms with Crippen LogP contribution in [0.15, 0.2) is 182 Å². The van der Waals surface area contributed by atoms with E-state index >= 15 is 0 Å². The SMILES string of the molecule is N#Cc1ccc2c3c1ccc1c(-c4ccc(-c5cc6ccc7cc(-c8ccccc8)cc8ccc(c5)c6c78)c5ccccc45)ccc(c13)n2-c1ccccc1. The molecule has 2 nitrogen and oxygen atoms in total. The highest BCUT2D eigenvalue weighted by Gasteiger charge is 2.22. The van der Waals surface area contributed by atoms with E-state index in [2.05, 4.69) is 187 Å². The van der Waals surface area contributed by atoms with Gasteiger partial charge in [-0.3, -0.25) is 0 Å². The number of nitrogens with zero attached hydrogens (tertiary/aromatic N) is 2. The van der Waals surface area contributed by atoms with Gasteiger partial charge >= 0.3 is 0 Å². The van der Waals surface area contributed by atoms with Crippen LogP contribution >= 0.6 is 0 Å². The van der Waals surface area contributed by atoms with Gasteiger partial charge < -0.3 is 4.57 Å². The van der Waals surface area contributed by atoms with Gasteiger partial charge in [-0.25, -0.2) is 0 Å². The summed E-state index contributed by atoms with van der Waals surface area (Å²) in [6.07, 6.45) is 0. The molecule has 11 aromatic carbocycles. The topological polar surface area (TPSA) is 28.7 Å². The maximum absolute atomic E-state index is 10.1. The maximum Gasteiger partial charge on any atom is 0.0998 e. The van der Waals surface area contributed by atoms with Crippen LogP contribution in [-0.4, -0.2) is 4.57 Å². The molecule has 2 heteroatoms. The standard InChI is InChI=1S/C53H30N2/c54-31-37-19-25-48-52-42(37)21-23-47-46(24-26-49(53(47)52)55(48)40-11-5-2-6-12-40)45-22-20-41(43-13-7-8-14-44(43)45)39-29-35-17-15-33-27-38(32-9-3-1-4-10-32)28-34-16-18-36(30-39)51(35)50(33)34/h1-30H. The van der Waals surface area contributed by atoms with E-state index in [9.17, 15) is 5.26 Å². The third-order valence-corrected chi connectivity index (χ3v) is 11.9. The first-order valence-electron chi connectivity index (χ1n) is 18.8. The molecule has 0 aliphatic heterocycles. The fraction of sp³-hybridized carbons (Fsp3) is 0. The second-order valence-corrected chi connectivity index (χ2v) is 14.8. The Bertz CT molecular complexity index is 3460. The molecule has 0 saturated heterocycles. The van der Waals surface area contributed by atoms with E-state index < -0.39 is 0 Å². The number of nitriles is 1. The minimum atomic E-state index is 0.701. The summed E-state index contributed by atoms with van der Waals surface area (Å²) in [5.41, 5.74) is 11.4. The van der Waals surface area contributed by atoms with Crippen molar-refractivity contribution in [3.05, 3.63) is 188 Å². The van der Waals surface area contributed by atoms with Crippen molar-refractivity contribution in [2.75, 3.05) is 0 Å². The highest BCUT2D eigenvalue weighted by Crippen LogP contribution is 2.46. The van der Waals surface area contributed by atoms with E-state index in [-0.39, 0.29) is 0 Å². The Morgan fingerprint density at radius 3 is 1.49 bits per heavy atom. The number of aromatic nitrogens is 1. The lowest BCUT2D eigenvalue weighted by Crippen LogP contribution is -1.93. The van der Waals surface area contributed by atoms with E-state index in [0.29, 0.717) is 5.56 Å². The van der Waals surface area contributed by atoms with Gasteiger partial charge in [0, 0.05) is 21.8 Å². The van der Waals surface area contributed by atoms with Crippen LogP contribution in [0.4, 0.5) is 0 Å². The molecule has 1 aromatic heterocycles. The summed E-state index contributed by atoms with van der Waals surface area (Å²) in [6, 6.07) is 68.6. The number of rotatable bonds is 4. The summed E-state index contributed by atoms with van der Waals surface area (Å²) in [5, 5.41) is 24.8. The summed E-state index contributed by atoms with van der Waals surface area (Å²) in [7, 11) is 0. The third kappa shape index (κ3) is 4.24. The van der Waals surface area contributed by atoms with Crippen molar-refractivity contribution in [3.8, 4) is 45.1 Å². The first-order chi connectivity index (χ1) is 27.2. The molecular formula is C53H30N2. The molecule has 1 heterocycles. The van der Waals surface area contributed by atoms with Crippen molar-refractivity contribution in [1.29, 1.82) is 5.26 Å². The monoisotopic (exact) mass is 694 g/mol. The molecule has 0 bridgehead atoms. The van der Waals surface area contributed by atoms with Crippen molar-refractivity contribution in [2.45, 2.75) is 0 Å². The van der Waals surface area contributed by atoms with Gasteiger partial charge in [0.05, 0.1) is 22.7 Å². The first kappa shape index (κ1) is 30.0. The van der Waals surface area contributed by atoms with E-state index in [4.69, 9.17) is 0 Å². The fourth-order valence-electron chi connectivity index (χ4n) is 9.52. The van der Waals surface area contributed by atoms with Gasteiger partial charge in [0.1, 0.15) is 0 Å². The molecule has 0 N–H and O–H groups in total. The Balaban J connectivity index is 1.05. The number of para-hydroxylation sites is 1. The number of benzene rings is 11. The first-order valence-corrected chi connectivity index (χ1v) is 18.8. The minimum absolute atomic E-state index is 0.701. The van der Waals surface area contributed by atoms with Gasteiger partial charge in [0.2, 0.25) is 0 Å². The number of fused-ring (bicyclic) bond motifs is 1. The largest absolute Gasteiger partial charge is 0.309 e. The van der Waals surface area contributed by atoms with Crippen LogP contribution < -0.4 is 0 Å². The van der Waals surface area contributed by atoms with Crippen LogP contribution in [0.25, 0.3) is 115 Å². The van der Waals surface area contributed by atoms with E-state index in [1.54, 1.807) is 0 Å². The molecule has 252 valence electrons. The third-order valence-electron chi connectivity index (χ3n) is 11.9. The van der Waals surface area contributed by atoms with Crippen molar-refractivity contribution in [2.24, 2.45) is 0 Å². The Morgan fingerprint density at radius 2 is 0.836 bits per heavy atom. The van der Waals surface area contributed by atoms with Crippen LogP contribution in [-0.2, 0) is 0 Å². The predicted molar refractivity (Wildman–Crippen MR) is 232 cm³/mol. The second kappa shape index (κ2) is 11.3. The smallest absolute Gasteiger partial charge is 0.0998 e. The zero-order chi connectivity index (χ0) is 36.2. The zero-order valence-corrected chi connectivity index (χ0v) is 29.7. The van der Waals surface area contributed by atoms with E-state index in [1.807, 2.05) is 6.07 Å². The molecule has 0 spiro atoms. The van der Waals surface area contributed by atoms with E-state index in [1.165, 1.54) is 87.2 Å². The van der Waals surface area contributed by atoms with Gasteiger partial charge in [0.25, 0.3) is 0 Å². The summed E-state index contributed by atoms with van der Waals surface area (Å²) < 4.78 is 2.34. The van der Waals surface area contributed by atoms with Crippen molar-refractivity contribution in [1.82, 2.24) is 4.57 Å². The Labute approximate surface area is 317 Å². The van der Waals surface area contributed by atoms with Crippen LogP contribution in [0, 0.1) is 11.3 Å². The lowest BCUT2D eigenvalue weighted by Gasteiger charge is -2.17. The molecule has 0 atom stereocenters. The molecule has 0 aliphatic rings. The quantitative estimate of drug-likeness (QED) is 0.169. The van der Waals surface area contributed by atoms with E-state index in [0.717, 1.165) is 27.5 Å². The Hall–Kier alpha value is -7.47. The zero-order valence-electron chi connectivity index (χ0n) is 29.7. The average molecular weight is 695 g/mol. The fourth-order valence-corrected chi connectivity index (χ4v) is 9.52. The van der Waals surface area contributed by atoms with Gasteiger partial charge in [-0.15, -0.1) is 0 Å². The lowest BCUT2D eigenvalue weighted by atomic mass is 9.87. The van der Waals surface area contributed by atoms with Gasteiger partial charge in [-0.2, -0.15) is 5.26 Å². The number of hydrogen-bond donors (Lipinski definition) is 0. The summed E-state index contributed by atoms with van der Waals surface area (Å²) in [5.74, 6) is 0. The average Bonchev–Trinajstić information content (AvgIpc) is 3.60. The molecule has 0 amide bonds. The van der Waals surface area contributed by atoms with Crippen LogP contribution in [0.1, 0.15) is 5.56 Å². The predicted octanol–water partition coefficient (Wildman–Crippen LogP) is 14.3. The Kier molecular flexibility index (Phi) is 6.15. The molecule has 0 radical (unpaired) electrons. The molecule has 12 aromatic rings. The van der Waals surface area contributed by atoms with Crippen molar-refractivity contribution < 1.29 is 0 Å². The lowest BCUT2D eigenvalue weighted by molar-refractivity contribution is 1.18. The summed E-state index contributed by atoms with van der Waals surface area (Å²) in [6.45, 7) is 0. The van der Waals surface area contributed by atoms with Crippen LogP contribution in [0.5, 0.6) is 0 Å². The molecule has 55 heavy (non-hydrogen) atoms. The highest BCUT2D eigenvalue weighted by atomic mass is 15.0. The van der Waals surface area contributed by atoms with Crippen molar-refractivity contribution in [3.63, 3.8) is 0 Å². The molecule has 0 unspecified atom stereocenters. The Morgan fingerprint density at radius 1 is 0.345 bits per heavy atom. The van der Waals surface area contributed by atoms with Gasteiger partial charge in [0.15, 0.2) is 0 Å². The molecule has 0 aliphatic carbocycles. The molecular weight excluding hydrogens is 665 g/mol.